The lowest BCUT2D eigenvalue weighted by atomic mass is 9.96. The summed E-state index contributed by atoms with van der Waals surface area (Å²) in [7, 11) is 0. The summed E-state index contributed by atoms with van der Waals surface area (Å²) < 4.78 is 5.61. The van der Waals surface area contributed by atoms with Gasteiger partial charge in [0.15, 0.2) is 0 Å². The summed E-state index contributed by atoms with van der Waals surface area (Å²) in [6.07, 6.45) is 4.64. The van der Waals surface area contributed by atoms with E-state index in [2.05, 4.69) is 20.8 Å². The first-order valence-electron chi connectivity index (χ1n) is 6.32. The van der Waals surface area contributed by atoms with Crippen LogP contribution < -0.4 is 0 Å². The number of halogens is 1. The van der Waals surface area contributed by atoms with Gasteiger partial charge in [-0.05, 0) is 42.7 Å². The van der Waals surface area contributed by atoms with Crippen LogP contribution in [0.4, 0.5) is 0 Å². The second kappa shape index (κ2) is 10.1. The smallest absolute Gasteiger partial charge is 0.221 e. The molecule has 0 aliphatic rings. The Morgan fingerprint density at radius 2 is 2.00 bits per heavy atom. The normalized spacial score (nSPS) is 13.1. The zero-order chi connectivity index (χ0) is 12.4. The summed E-state index contributed by atoms with van der Waals surface area (Å²) >= 11 is 5.24. The molecule has 0 saturated carbocycles. The van der Waals surface area contributed by atoms with Crippen molar-refractivity contribution in [1.29, 1.82) is 0 Å². The van der Waals surface area contributed by atoms with Gasteiger partial charge < -0.3 is 4.74 Å². The molecule has 0 bridgehead atoms. The molecule has 0 saturated heterocycles. The molecule has 0 aliphatic heterocycles. The number of hydrogen-bond acceptors (Lipinski definition) is 2. The first-order valence-corrected chi connectivity index (χ1v) is 6.70. The fourth-order valence-corrected chi connectivity index (χ4v) is 1.87. The average molecular weight is 249 g/mol. The monoisotopic (exact) mass is 248 g/mol. The molecule has 0 N–H and O–H groups in total. The van der Waals surface area contributed by atoms with Crippen LogP contribution in [0.25, 0.3) is 0 Å². The van der Waals surface area contributed by atoms with Crippen molar-refractivity contribution in [2.75, 3.05) is 13.2 Å². The number of carbonyl (C=O) groups excluding carboxylic acids is 1. The predicted molar refractivity (Wildman–Crippen MR) is 68.8 cm³/mol. The third-order valence-corrected chi connectivity index (χ3v) is 2.84. The van der Waals surface area contributed by atoms with Gasteiger partial charge in [0.2, 0.25) is 5.24 Å². The Bertz CT molecular complexity index is 181. The van der Waals surface area contributed by atoms with Gasteiger partial charge in [-0.3, -0.25) is 4.79 Å². The van der Waals surface area contributed by atoms with E-state index in [4.69, 9.17) is 16.3 Å². The van der Waals surface area contributed by atoms with Crippen LogP contribution in [-0.2, 0) is 9.53 Å². The summed E-state index contributed by atoms with van der Waals surface area (Å²) in [4.78, 5) is 10.5. The standard InChI is InChI=1S/C13H25ClO2/c1-4-12(9-11(2)3)10-16-8-6-5-7-13(14)15/h11-12H,4-10H2,1-3H3. The van der Waals surface area contributed by atoms with Crippen LogP contribution >= 0.6 is 11.6 Å². The van der Waals surface area contributed by atoms with Gasteiger partial charge in [0.1, 0.15) is 0 Å². The van der Waals surface area contributed by atoms with E-state index in [-0.39, 0.29) is 5.24 Å². The second-order valence-electron chi connectivity index (χ2n) is 4.79. The van der Waals surface area contributed by atoms with E-state index in [1.165, 1.54) is 12.8 Å². The van der Waals surface area contributed by atoms with Crippen LogP contribution in [0, 0.1) is 11.8 Å². The zero-order valence-corrected chi connectivity index (χ0v) is 11.6. The molecule has 1 atom stereocenters. The maximum absolute atomic E-state index is 10.5. The molecule has 0 heterocycles. The minimum Gasteiger partial charge on any atom is -0.381 e. The minimum atomic E-state index is -0.244. The quantitative estimate of drug-likeness (QED) is 0.431. The van der Waals surface area contributed by atoms with Crippen LogP contribution in [0.1, 0.15) is 52.9 Å². The maximum Gasteiger partial charge on any atom is 0.221 e. The Hall–Kier alpha value is -0.0800. The van der Waals surface area contributed by atoms with Crippen LogP contribution in [0.2, 0.25) is 0 Å². The Balaban J connectivity index is 3.37. The van der Waals surface area contributed by atoms with Crippen molar-refractivity contribution in [3.05, 3.63) is 0 Å². The van der Waals surface area contributed by atoms with Crippen LogP contribution in [0.15, 0.2) is 0 Å². The fraction of sp³-hybridized carbons (Fsp3) is 0.923. The zero-order valence-electron chi connectivity index (χ0n) is 10.8. The van der Waals surface area contributed by atoms with Gasteiger partial charge in [-0.2, -0.15) is 0 Å². The van der Waals surface area contributed by atoms with Crippen molar-refractivity contribution in [3.8, 4) is 0 Å². The lowest BCUT2D eigenvalue weighted by molar-refractivity contribution is -0.111. The molecule has 0 amide bonds. The lowest BCUT2D eigenvalue weighted by Gasteiger charge is -2.17. The van der Waals surface area contributed by atoms with Crippen molar-refractivity contribution in [1.82, 2.24) is 0 Å². The van der Waals surface area contributed by atoms with Crippen molar-refractivity contribution < 1.29 is 9.53 Å². The summed E-state index contributed by atoms with van der Waals surface area (Å²) in [5.74, 6) is 1.41. The van der Waals surface area contributed by atoms with E-state index < -0.39 is 0 Å². The van der Waals surface area contributed by atoms with Crippen LogP contribution in [-0.4, -0.2) is 18.5 Å². The Labute approximate surface area is 105 Å². The fourth-order valence-electron chi connectivity index (χ4n) is 1.74. The highest BCUT2D eigenvalue weighted by atomic mass is 35.5. The number of hydrogen-bond donors (Lipinski definition) is 0. The molecular formula is C13H25ClO2. The van der Waals surface area contributed by atoms with Crippen molar-refractivity contribution in [2.45, 2.75) is 52.9 Å². The van der Waals surface area contributed by atoms with E-state index in [1.54, 1.807) is 0 Å². The predicted octanol–water partition coefficient (Wildman–Crippen LogP) is 4.01. The molecule has 0 spiro atoms. The first-order chi connectivity index (χ1) is 7.56. The van der Waals surface area contributed by atoms with Gasteiger partial charge in [0, 0.05) is 19.6 Å². The number of ether oxygens (including phenoxy) is 1. The third-order valence-electron chi connectivity index (χ3n) is 2.65. The van der Waals surface area contributed by atoms with Gasteiger partial charge in [-0.1, -0.05) is 27.2 Å². The maximum atomic E-state index is 10.5. The number of rotatable bonds is 10. The minimum absolute atomic E-state index is 0.244. The Morgan fingerprint density at radius 3 is 2.50 bits per heavy atom. The summed E-state index contributed by atoms with van der Waals surface area (Å²) in [6, 6.07) is 0. The number of unbranched alkanes of at least 4 members (excludes halogenated alkanes) is 1. The van der Waals surface area contributed by atoms with Gasteiger partial charge in [-0.15, -0.1) is 0 Å². The van der Waals surface area contributed by atoms with E-state index >= 15 is 0 Å². The molecule has 96 valence electrons. The molecule has 0 rings (SSSR count). The van der Waals surface area contributed by atoms with Gasteiger partial charge >= 0.3 is 0 Å². The highest BCUT2D eigenvalue weighted by molar-refractivity contribution is 6.63. The van der Waals surface area contributed by atoms with Gasteiger partial charge in [0.05, 0.1) is 0 Å². The Morgan fingerprint density at radius 1 is 1.31 bits per heavy atom. The third kappa shape index (κ3) is 10.4. The average Bonchev–Trinajstić information content (AvgIpc) is 2.20. The van der Waals surface area contributed by atoms with Crippen molar-refractivity contribution in [2.24, 2.45) is 11.8 Å². The molecule has 0 aromatic heterocycles. The van der Waals surface area contributed by atoms with Crippen LogP contribution in [0.5, 0.6) is 0 Å². The SMILES string of the molecule is CCC(COCCCCC(=O)Cl)CC(C)C. The highest BCUT2D eigenvalue weighted by Crippen LogP contribution is 2.15. The molecule has 0 aliphatic carbocycles. The molecule has 1 unspecified atom stereocenters. The summed E-state index contributed by atoms with van der Waals surface area (Å²) in [5, 5.41) is -0.244. The molecule has 2 nitrogen and oxygen atoms in total. The molecule has 0 radical (unpaired) electrons. The van der Waals surface area contributed by atoms with Crippen molar-refractivity contribution >= 4 is 16.8 Å². The summed E-state index contributed by atoms with van der Waals surface area (Å²) in [6.45, 7) is 8.30. The van der Waals surface area contributed by atoms with Gasteiger partial charge in [-0.25, -0.2) is 0 Å². The van der Waals surface area contributed by atoms with E-state index in [9.17, 15) is 4.79 Å². The molecule has 0 aromatic carbocycles. The topological polar surface area (TPSA) is 26.3 Å². The second-order valence-corrected chi connectivity index (χ2v) is 5.21. The molecular weight excluding hydrogens is 224 g/mol. The van der Waals surface area contributed by atoms with Crippen LogP contribution in [0.3, 0.4) is 0 Å². The van der Waals surface area contributed by atoms with E-state index in [0.717, 1.165) is 32.0 Å². The molecule has 0 fully saturated rings. The van der Waals surface area contributed by atoms with E-state index in [1.807, 2.05) is 0 Å². The number of carbonyl (C=O) groups is 1. The lowest BCUT2D eigenvalue weighted by Crippen LogP contribution is -2.12. The largest absolute Gasteiger partial charge is 0.381 e. The van der Waals surface area contributed by atoms with Gasteiger partial charge in [0.25, 0.3) is 0 Å². The highest BCUT2D eigenvalue weighted by Gasteiger charge is 2.08. The molecule has 3 heteroatoms. The van der Waals surface area contributed by atoms with Crippen molar-refractivity contribution in [3.63, 3.8) is 0 Å². The van der Waals surface area contributed by atoms with E-state index in [0.29, 0.717) is 12.3 Å². The first kappa shape index (κ1) is 15.9. The summed E-state index contributed by atoms with van der Waals surface area (Å²) in [5.41, 5.74) is 0. The molecule has 16 heavy (non-hydrogen) atoms. The Kier molecular flexibility index (Phi) is 10.0. The molecule has 0 aromatic rings.